The summed E-state index contributed by atoms with van der Waals surface area (Å²) in [4.78, 5) is 14.3. The van der Waals surface area contributed by atoms with Crippen molar-refractivity contribution in [2.75, 3.05) is 12.8 Å². The topological polar surface area (TPSA) is 51.0 Å². The van der Waals surface area contributed by atoms with Crippen LogP contribution in [0.15, 0.2) is 53.7 Å². The van der Waals surface area contributed by atoms with Crippen molar-refractivity contribution in [1.82, 2.24) is 19.7 Å². The fourth-order valence-electron chi connectivity index (χ4n) is 3.06. The van der Waals surface area contributed by atoms with Crippen molar-refractivity contribution in [3.63, 3.8) is 0 Å². The molecule has 158 valence electrons. The first-order valence-electron chi connectivity index (χ1n) is 9.95. The van der Waals surface area contributed by atoms with Crippen LogP contribution in [0.4, 0.5) is 4.39 Å². The summed E-state index contributed by atoms with van der Waals surface area (Å²) in [5.74, 6) is 0.735. The second-order valence-corrected chi connectivity index (χ2v) is 8.76. The summed E-state index contributed by atoms with van der Waals surface area (Å²) in [6, 6.07) is 14.7. The molecule has 0 spiro atoms. The second kappa shape index (κ2) is 9.89. The highest BCUT2D eigenvalue weighted by Crippen LogP contribution is 2.27. The number of amides is 1. The molecule has 3 aromatic rings. The number of nitrogens with zero attached hydrogens (tertiary/aromatic N) is 4. The summed E-state index contributed by atoms with van der Waals surface area (Å²) in [7, 11) is 1.80. The predicted molar refractivity (Wildman–Crippen MR) is 119 cm³/mol. The van der Waals surface area contributed by atoms with Crippen LogP contribution in [-0.4, -0.2) is 38.4 Å². The Labute approximate surface area is 181 Å². The van der Waals surface area contributed by atoms with Crippen LogP contribution >= 0.6 is 11.8 Å². The minimum absolute atomic E-state index is 0.00659. The van der Waals surface area contributed by atoms with Crippen molar-refractivity contribution in [2.24, 2.45) is 5.92 Å². The smallest absolute Gasteiger partial charge is 0.233 e. The van der Waals surface area contributed by atoms with Crippen LogP contribution in [0.5, 0.6) is 0 Å². The fourth-order valence-corrected chi connectivity index (χ4v) is 3.95. The SMILES string of the molecule is Cc1ccc(CN(C)C(=O)CSc2nnc(-c3ccccc3F)n2CC(C)C)cc1. The molecule has 0 bridgehead atoms. The summed E-state index contributed by atoms with van der Waals surface area (Å²) in [5, 5.41) is 9.10. The number of carbonyl (C=O) groups excluding carboxylic acids is 1. The highest BCUT2D eigenvalue weighted by molar-refractivity contribution is 7.99. The van der Waals surface area contributed by atoms with Crippen LogP contribution in [0.3, 0.4) is 0 Å². The van der Waals surface area contributed by atoms with E-state index in [-0.39, 0.29) is 17.5 Å². The Balaban J connectivity index is 1.72. The molecule has 2 aromatic carbocycles. The molecule has 3 rings (SSSR count). The molecule has 0 atom stereocenters. The Hall–Kier alpha value is -2.67. The molecule has 7 heteroatoms. The van der Waals surface area contributed by atoms with Crippen molar-refractivity contribution < 1.29 is 9.18 Å². The molecule has 1 amide bonds. The predicted octanol–water partition coefficient (Wildman–Crippen LogP) is 4.80. The van der Waals surface area contributed by atoms with Crippen LogP contribution in [0.25, 0.3) is 11.4 Å². The molecule has 30 heavy (non-hydrogen) atoms. The lowest BCUT2D eigenvalue weighted by Crippen LogP contribution is -2.28. The molecule has 0 saturated heterocycles. The molecule has 0 fully saturated rings. The monoisotopic (exact) mass is 426 g/mol. The number of carbonyl (C=O) groups is 1. The summed E-state index contributed by atoms with van der Waals surface area (Å²) in [6.07, 6.45) is 0. The van der Waals surface area contributed by atoms with Gasteiger partial charge in [-0.05, 0) is 30.5 Å². The molecule has 0 radical (unpaired) electrons. The molecule has 0 N–H and O–H groups in total. The summed E-state index contributed by atoms with van der Waals surface area (Å²) < 4.78 is 16.2. The van der Waals surface area contributed by atoms with E-state index in [1.165, 1.54) is 23.4 Å². The van der Waals surface area contributed by atoms with E-state index >= 15 is 0 Å². The number of rotatable bonds is 8. The van der Waals surface area contributed by atoms with Crippen molar-refractivity contribution >= 4 is 17.7 Å². The van der Waals surface area contributed by atoms with Crippen LogP contribution in [-0.2, 0) is 17.9 Å². The van der Waals surface area contributed by atoms with E-state index in [4.69, 9.17) is 0 Å². The highest BCUT2D eigenvalue weighted by atomic mass is 32.2. The van der Waals surface area contributed by atoms with Gasteiger partial charge >= 0.3 is 0 Å². The first kappa shape index (κ1) is 22.0. The average Bonchev–Trinajstić information content (AvgIpc) is 3.09. The third-order valence-corrected chi connectivity index (χ3v) is 5.62. The molecule has 0 aliphatic carbocycles. The lowest BCUT2D eigenvalue weighted by molar-refractivity contribution is -0.127. The number of halogens is 1. The van der Waals surface area contributed by atoms with Gasteiger partial charge in [0.15, 0.2) is 11.0 Å². The number of aryl methyl sites for hydroxylation is 1. The maximum absolute atomic E-state index is 14.3. The van der Waals surface area contributed by atoms with Gasteiger partial charge in [0.05, 0.1) is 11.3 Å². The van der Waals surface area contributed by atoms with Gasteiger partial charge < -0.3 is 9.47 Å². The van der Waals surface area contributed by atoms with Crippen LogP contribution in [0.2, 0.25) is 0 Å². The normalized spacial score (nSPS) is 11.1. The third kappa shape index (κ3) is 5.48. The van der Waals surface area contributed by atoms with Crippen molar-refractivity contribution in [3.05, 3.63) is 65.5 Å². The zero-order chi connectivity index (χ0) is 21.7. The van der Waals surface area contributed by atoms with Gasteiger partial charge in [0.25, 0.3) is 0 Å². The van der Waals surface area contributed by atoms with Crippen molar-refractivity contribution in [2.45, 2.75) is 39.0 Å². The standard InChI is InChI=1S/C23H27FN4OS/c1-16(2)13-28-22(19-7-5-6-8-20(19)24)25-26-23(28)30-15-21(29)27(4)14-18-11-9-17(3)10-12-18/h5-12,16H,13-15H2,1-4H3. The maximum Gasteiger partial charge on any atom is 0.233 e. The number of thioether (sulfide) groups is 1. The van der Waals surface area contributed by atoms with Crippen molar-refractivity contribution in [1.29, 1.82) is 0 Å². The fraction of sp³-hybridized carbons (Fsp3) is 0.348. The molecule has 0 unspecified atom stereocenters. The van der Waals surface area contributed by atoms with Gasteiger partial charge in [-0.2, -0.15) is 0 Å². The molecule has 1 aromatic heterocycles. The maximum atomic E-state index is 14.3. The Morgan fingerprint density at radius 1 is 1.13 bits per heavy atom. The van der Waals surface area contributed by atoms with Crippen LogP contribution in [0, 0.1) is 18.7 Å². The Bertz CT molecular complexity index is 1000. The van der Waals surface area contributed by atoms with E-state index in [0.29, 0.717) is 35.6 Å². The second-order valence-electron chi connectivity index (χ2n) is 7.81. The van der Waals surface area contributed by atoms with Gasteiger partial charge in [0, 0.05) is 20.1 Å². The van der Waals surface area contributed by atoms with Gasteiger partial charge in [-0.1, -0.05) is 67.6 Å². The number of hydrogen-bond donors (Lipinski definition) is 0. The van der Waals surface area contributed by atoms with E-state index in [0.717, 1.165) is 5.56 Å². The minimum atomic E-state index is -0.333. The molecule has 0 aliphatic heterocycles. The average molecular weight is 427 g/mol. The lowest BCUT2D eigenvalue weighted by atomic mass is 10.1. The van der Waals surface area contributed by atoms with E-state index in [9.17, 15) is 9.18 Å². The van der Waals surface area contributed by atoms with E-state index < -0.39 is 0 Å². The Kier molecular flexibility index (Phi) is 7.26. The van der Waals surface area contributed by atoms with Gasteiger partial charge in [0.2, 0.25) is 5.91 Å². The zero-order valence-corrected chi connectivity index (χ0v) is 18.6. The van der Waals surface area contributed by atoms with Crippen molar-refractivity contribution in [3.8, 4) is 11.4 Å². The van der Waals surface area contributed by atoms with Gasteiger partial charge in [-0.25, -0.2) is 4.39 Å². The first-order chi connectivity index (χ1) is 14.3. The molecular weight excluding hydrogens is 399 g/mol. The Morgan fingerprint density at radius 2 is 1.83 bits per heavy atom. The van der Waals surface area contributed by atoms with Gasteiger partial charge in [-0.3, -0.25) is 4.79 Å². The van der Waals surface area contributed by atoms with Crippen LogP contribution < -0.4 is 0 Å². The molecule has 5 nitrogen and oxygen atoms in total. The number of aromatic nitrogens is 3. The summed E-state index contributed by atoms with van der Waals surface area (Å²) in [5.41, 5.74) is 2.70. The lowest BCUT2D eigenvalue weighted by Gasteiger charge is -2.17. The largest absolute Gasteiger partial charge is 0.341 e. The van der Waals surface area contributed by atoms with Crippen LogP contribution in [0.1, 0.15) is 25.0 Å². The van der Waals surface area contributed by atoms with Gasteiger partial charge in [-0.15, -0.1) is 10.2 Å². The Morgan fingerprint density at radius 3 is 2.50 bits per heavy atom. The molecular formula is C23H27FN4OS. The van der Waals surface area contributed by atoms with E-state index in [1.807, 2.05) is 35.8 Å². The number of benzene rings is 2. The third-order valence-electron chi connectivity index (χ3n) is 4.67. The zero-order valence-electron chi connectivity index (χ0n) is 17.8. The highest BCUT2D eigenvalue weighted by Gasteiger charge is 2.19. The molecule has 1 heterocycles. The quantitative estimate of drug-likeness (QED) is 0.486. The van der Waals surface area contributed by atoms with E-state index in [1.54, 1.807) is 30.1 Å². The van der Waals surface area contributed by atoms with Gasteiger partial charge in [0.1, 0.15) is 5.82 Å². The first-order valence-corrected chi connectivity index (χ1v) is 10.9. The van der Waals surface area contributed by atoms with E-state index in [2.05, 4.69) is 24.0 Å². The summed E-state index contributed by atoms with van der Waals surface area (Å²) in [6.45, 7) is 7.41. The molecule has 0 saturated carbocycles. The molecule has 0 aliphatic rings. The minimum Gasteiger partial charge on any atom is -0.341 e. The number of hydrogen-bond acceptors (Lipinski definition) is 4. The summed E-state index contributed by atoms with van der Waals surface area (Å²) >= 11 is 1.34.